The summed E-state index contributed by atoms with van der Waals surface area (Å²) in [7, 11) is 0. The standard InChI is InChI=1S/C4H5NOS/c6-4-2-1-3(2)7-5-4/h2-3H,1H2,(H,5,6). The molecular weight excluding hydrogens is 110 g/mol. The van der Waals surface area contributed by atoms with Gasteiger partial charge < -0.3 is 0 Å². The van der Waals surface area contributed by atoms with Crippen molar-refractivity contribution in [3.8, 4) is 0 Å². The Hall–Kier alpha value is -0.180. The van der Waals surface area contributed by atoms with E-state index in [4.69, 9.17) is 0 Å². The van der Waals surface area contributed by atoms with E-state index in [0.717, 1.165) is 6.42 Å². The van der Waals surface area contributed by atoms with E-state index in [-0.39, 0.29) is 5.91 Å². The molecule has 1 aliphatic heterocycles. The minimum Gasteiger partial charge on any atom is -0.300 e. The summed E-state index contributed by atoms with van der Waals surface area (Å²) in [5.74, 6) is 0.639. The highest BCUT2D eigenvalue weighted by Gasteiger charge is 2.49. The molecule has 1 aliphatic carbocycles. The van der Waals surface area contributed by atoms with Crippen molar-refractivity contribution in [3.63, 3.8) is 0 Å². The summed E-state index contributed by atoms with van der Waals surface area (Å²) >= 11 is 1.58. The maximum Gasteiger partial charge on any atom is 0.234 e. The fourth-order valence-corrected chi connectivity index (χ4v) is 1.80. The lowest BCUT2D eigenvalue weighted by molar-refractivity contribution is -0.119. The van der Waals surface area contributed by atoms with Crippen molar-refractivity contribution in [2.45, 2.75) is 11.7 Å². The minimum atomic E-state index is 0.245. The lowest BCUT2D eigenvalue weighted by Crippen LogP contribution is -2.10. The topological polar surface area (TPSA) is 29.1 Å². The average molecular weight is 115 g/mol. The molecule has 1 amide bonds. The first-order valence-electron chi connectivity index (χ1n) is 2.33. The Morgan fingerprint density at radius 3 is 2.86 bits per heavy atom. The van der Waals surface area contributed by atoms with Crippen molar-refractivity contribution in [1.29, 1.82) is 0 Å². The first-order valence-corrected chi connectivity index (χ1v) is 3.21. The SMILES string of the molecule is O=C1NSC2CC12. The molecule has 0 aromatic heterocycles. The van der Waals surface area contributed by atoms with E-state index in [2.05, 4.69) is 4.72 Å². The third kappa shape index (κ3) is 0.387. The lowest BCUT2D eigenvalue weighted by atomic mass is 10.4. The Labute approximate surface area is 45.8 Å². The molecule has 7 heavy (non-hydrogen) atoms. The number of amides is 1. The second-order valence-corrected chi connectivity index (χ2v) is 3.01. The number of fused-ring (bicyclic) bond motifs is 1. The van der Waals surface area contributed by atoms with E-state index < -0.39 is 0 Å². The highest BCUT2D eigenvalue weighted by atomic mass is 32.2. The van der Waals surface area contributed by atoms with Crippen LogP contribution in [0.25, 0.3) is 0 Å². The first-order chi connectivity index (χ1) is 3.38. The van der Waals surface area contributed by atoms with Gasteiger partial charge in [0.2, 0.25) is 5.91 Å². The van der Waals surface area contributed by atoms with E-state index in [1.165, 1.54) is 0 Å². The van der Waals surface area contributed by atoms with E-state index in [1.807, 2.05) is 0 Å². The molecule has 2 rings (SSSR count). The monoisotopic (exact) mass is 115 g/mol. The summed E-state index contributed by atoms with van der Waals surface area (Å²) in [5.41, 5.74) is 0. The second-order valence-electron chi connectivity index (χ2n) is 1.96. The van der Waals surface area contributed by atoms with Gasteiger partial charge in [-0.2, -0.15) is 0 Å². The van der Waals surface area contributed by atoms with Crippen LogP contribution in [0.5, 0.6) is 0 Å². The second kappa shape index (κ2) is 0.968. The predicted molar refractivity (Wildman–Crippen MR) is 27.6 cm³/mol. The molecule has 3 heteroatoms. The van der Waals surface area contributed by atoms with Crippen LogP contribution in [-0.2, 0) is 4.79 Å². The molecular formula is C4H5NOS. The molecule has 0 aromatic rings. The van der Waals surface area contributed by atoms with Crippen LogP contribution in [0.15, 0.2) is 0 Å². The molecule has 2 nitrogen and oxygen atoms in total. The molecule has 0 aromatic carbocycles. The number of rotatable bonds is 0. The number of carbonyl (C=O) groups excluding carboxylic acids is 1. The molecule has 2 fully saturated rings. The molecule has 0 spiro atoms. The Bertz CT molecular complexity index is 125. The molecule has 1 heterocycles. The van der Waals surface area contributed by atoms with Gasteiger partial charge in [-0.3, -0.25) is 9.52 Å². The van der Waals surface area contributed by atoms with Gasteiger partial charge in [-0.25, -0.2) is 0 Å². The summed E-state index contributed by atoms with van der Waals surface area (Å²) in [6.07, 6.45) is 1.12. The van der Waals surface area contributed by atoms with Gasteiger partial charge >= 0.3 is 0 Å². The molecule has 38 valence electrons. The van der Waals surface area contributed by atoms with Crippen LogP contribution >= 0.6 is 11.9 Å². The predicted octanol–water partition coefficient (Wildman–Crippen LogP) is 0.153. The van der Waals surface area contributed by atoms with Crippen LogP contribution in [0, 0.1) is 5.92 Å². The van der Waals surface area contributed by atoms with Crippen LogP contribution in [0.2, 0.25) is 0 Å². The van der Waals surface area contributed by atoms with Crippen molar-refractivity contribution in [3.05, 3.63) is 0 Å². The Morgan fingerprint density at radius 1 is 1.86 bits per heavy atom. The van der Waals surface area contributed by atoms with Crippen molar-refractivity contribution < 1.29 is 4.79 Å². The maximum atomic E-state index is 10.5. The summed E-state index contributed by atoms with van der Waals surface area (Å²) in [5, 5.41) is 0.646. The molecule has 2 unspecified atom stereocenters. The Kier molecular flexibility index (Phi) is 0.522. The van der Waals surface area contributed by atoms with Gasteiger partial charge in [0.05, 0.1) is 5.92 Å². The third-order valence-corrected chi connectivity index (χ3v) is 2.52. The van der Waals surface area contributed by atoms with Crippen LogP contribution in [0.1, 0.15) is 6.42 Å². The summed E-state index contributed by atoms with van der Waals surface area (Å²) in [6.45, 7) is 0. The van der Waals surface area contributed by atoms with Crippen molar-refractivity contribution in [2.24, 2.45) is 5.92 Å². The number of hydrogen-bond acceptors (Lipinski definition) is 2. The van der Waals surface area contributed by atoms with Gasteiger partial charge in [0, 0.05) is 5.25 Å². The number of nitrogens with one attached hydrogen (secondary N) is 1. The molecule has 1 saturated carbocycles. The maximum absolute atomic E-state index is 10.5. The smallest absolute Gasteiger partial charge is 0.234 e. The van der Waals surface area contributed by atoms with Gasteiger partial charge in [-0.05, 0) is 18.4 Å². The third-order valence-electron chi connectivity index (χ3n) is 1.38. The highest BCUT2D eigenvalue weighted by Crippen LogP contribution is 2.45. The van der Waals surface area contributed by atoms with E-state index in [9.17, 15) is 4.79 Å². The zero-order chi connectivity index (χ0) is 4.85. The van der Waals surface area contributed by atoms with Gasteiger partial charge in [-0.15, -0.1) is 0 Å². The summed E-state index contributed by atoms with van der Waals surface area (Å²) < 4.78 is 2.70. The minimum absolute atomic E-state index is 0.245. The summed E-state index contributed by atoms with van der Waals surface area (Å²) in [4.78, 5) is 10.5. The zero-order valence-electron chi connectivity index (χ0n) is 3.68. The molecule has 1 N–H and O–H groups in total. The van der Waals surface area contributed by atoms with Gasteiger partial charge in [0.15, 0.2) is 0 Å². The van der Waals surface area contributed by atoms with E-state index in [0.29, 0.717) is 11.2 Å². The highest BCUT2D eigenvalue weighted by molar-refractivity contribution is 7.99. The Morgan fingerprint density at radius 2 is 2.71 bits per heavy atom. The first kappa shape index (κ1) is 3.78. The molecule has 1 saturated heterocycles. The van der Waals surface area contributed by atoms with Crippen LogP contribution < -0.4 is 4.72 Å². The van der Waals surface area contributed by atoms with E-state index >= 15 is 0 Å². The van der Waals surface area contributed by atoms with Crippen LogP contribution in [0.4, 0.5) is 0 Å². The van der Waals surface area contributed by atoms with E-state index in [1.54, 1.807) is 11.9 Å². The number of hydrogen-bond donors (Lipinski definition) is 1. The largest absolute Gasteiger partial charge is 0.300 e. The van der Waals surface area contributed by atoms with Crippen LogP contribution in [-0.4, -0.2) is 11.2 Å². The fourth-order valence-electron chi connectivity index (χ4n) is 0.787. The normalized spacial score (nSPS) is 45.4. The quantitative estimate of drug-likeness (QED) is 0.455. The molecule has 0 bridgehead atoms. The molecule has 2 aliphatic rings. The van der Waals surface area contributed by atoms with Gasteiger partial charge in [-0.1, -0.05) is 0 Å². The van der Waals surface area contributed by atoms with Crippen molar-refractivity contribution in [2.75, 3.05) is 0 Å². The number of carbonyl (C=O) groups is 1. The van der Waals surface area contributed by atoms with Gasteiger partial charge in [0.25, 0.3) is 0 Å². The molecule has 2 atom stereocenters. The van der Waals surface area contributed by atoms with Gasteiger partial charge in [0.1, 0.15) is 0 Å². The molecule has 0 radical (unpaired) electrons. The van der Waals surface area contributed by atoms with Crippen LogP contribution in [0.3, 0.4) is 0 Å². The lowest BCUT2D eigenvalue weighted by Gasteiger charge is -1.87. The summed E-state index contributed by atoms with van der Waals surface area (Å²) in [6, 6.07) is 0. The van der Waals surface area contributed by atoms with Crippen molar-refractivity contribution in [1.82, 2.24) is 4.72 Å². The zero-order valence-corrected chi connectivity index (χ0v) is 4.49. The van der Waals surface area contributed by atoms with Crippen molar-refractivity contribution >= 4 is 17.9 Å². The average Bonchev–Trinajstić information content (AvgIpc) is 2.33. The Balaban J connectivity index is 2.21. The fraction of sp³-hybridized carbons (Fsp3) is 0.750.